The van der Waals surface area contributed by atoms with Crippen LogP contribution in [0.3, 0.4) is 0 Å². The van der Waals surface area contributed by atoms with E-state index in [1.807, 2.05) is 0 Å². The van der Waals surface area contributed by atoms with Gasteiger partial charge in [0.2, 0.25) is 0 Å². The number of nitrogens with zero attached hydrogens (tertiary/aromatic N) is 1. The van der Waals surface area contributed by atoms with Gasteiger partial charge in [-0.1, -0.05) is 26.7 Å². The second-order valence-corrected chi connectivity index (χ2v) is 3.44. The minimum absolute atomic E-state index is 0.897. The lowest BCUT2D eigenvalue weighted by molar-refractivity contribution is 0.491. The Kier molecular flexibility index (Phi) is 4.58. The smallest absolute Gasteiger partial charge is 0.194 e. The molecule has 0 unspecified atom stereocenters. The Balaban J connectivity index is 2.31. The number of hydrogen-bond donors (Lipinski definition) is 0. The molecule has 13 heavy (non-hydrogen) atoms. The van der Waals surface area contributed by atoms with E-state index in [1.165, 1.54) is 19.3 Å². The van der Waals surface area contributed by atoms with E-state index < -0.39 is 0 Å². The van der Waals surface area contributed by atoms with Crippen molar-refractivity contribution in [3.05, 3.63) is 17.8 Å². The Morgan fingerprint density at radius 2 is 2.00 bits per heavy atom. The molecule has 1 heterocycles. The second kappa shape index (κ2) is 5.79. The number of unbranched alkanes of at least 4 members (excludes halogenated alkanes) is 2. The van der Waals surface area contributed by atoms with Crippen LogP contribution in [0.1, 0.15) is 51.1 Å². The average Bonchev–Trinajstić information content (AvgIpc) is 2.54. The number of rotatable bonds is 6. The number of hydrogen-bond acceptors (Lipinski definition) is 2. The molecule has 0 amide bonds. The molecule has 74 valence electrons. The van der Waals surface area contributed by atoms with Crippen LogP contribution in [0, 0.1) is 0 Å². The molecule has 0 spiro atoms. The van der Waals surface area contributed by atoms with Crippen LogP contribution in [0.25, 0.3) is 0 Å². The van der Waals surface area contributed by atoms with Gasteiger partial charge in [0, 0.05) is 6.42 Å². The van der Waals surface area contributed by atoms with Crippen LogP contribution in [-0.4, -0.2) is 4.98 Å². The lowest BCUT2D eigenvalue weighted by Gasteiger charge is -1.92. The van der Waals surface area contributed by atoms with Crippen molar-refractivity contribution in [2.75, 3.05) is 0 Å². The average molecular weight is 181 g/mol. The van der Waals surface area contributed by atoms with Gasteiger partial charge >= 0.3 is 0 Å². The summed E-state index contributed by atoms with van der Waals surface area (Å²) in [5.41, 5.74) is 1.12. The van der Waals surface area contributed by atoms with Crippen molar-refractivity contribution < 1.29 is 4.42 Å². The molecule has 0 aromatic carbocycles. The topological polar surface area (TPSA) is 26.0 Å². The van der Waals surface area contributed by atoms with Crippen molar-refractivity contribution >= 4 is 0 Å². The molecule has 0 saturated carbocycles. The third-order valence-electron chi connectivity index (χ3n) is 2.10. The highest BCUT2D eigenvalue weighted by Crippen LogP contribution is 2.08. The molecule has 0 aliphatic carbocycles. The van der Waals surface area contributed by atoms with Gasteiger partial charge in [0.1, 0.15) is 6.26 Å². The summed E-state index contributed by atoms with van der Waals surface area (Å²) in [5.74, 6) is 0.897. The summed E-state index contributed by atoms with van der Waals surface area (Å²) in [4.78, 5) is 4.41. The Hall–Kier alpha value is -0.790. The summed E-state index contributed by atoms with van der Waals surface area (Å²) in [6.07, 6.45) is 8.73. The molecule has 0 aliphatic heterocycles. The van der Waals surface area contributed by atoms with Gasteiger partial charge < -0.3 is 4.42 Å². The summed E-state index contributed by atoms with van der Waals surface area (Å²) in [5, 5.41) is 0. The maximum absolute atomic E-state index is 5.32. The summed E-state index contributed by atoms with van der Waals surface area (Å²) >= 11 is 0. The van der Waals surface area contributed by atoms with Gasteiger partial charge in [-0.15, -0.1) is 0 Å². The van der Waals surface area contributed by atoms with E-state index in [-0.39, 0.29) is 0 Å². The van der Waals surface area contributed by atoms with E-state index in [1.54, 1.807) is 6.26 Å². The lowest BCUT2D eigenvalue weighted by atomic mass is 10.2. The molecule has 0 aliphatic rings. The van der Waals surface area contributed by atoms with E-state index in [4.69, 9.17) is 4.42 Å². The van der Waals surface area contributed by atoms with Crippen molar-refractivity contribution in [2.24, 2.45) is 0 Å². The zero-order chi connectivity index (χ0) is 9.52. The molecule has 2 heteroatoms. The van der Waals surface area contributed by atoms with Crippen LogP contribution in [0.5, 0.6) is 0 Å². The number of oxazole rings is 1. The Labute approximate surface area is 80.4 Å². The summed E-state index contributed by atoms with van der Waals surface area (Å²) in [7, 11) is 0. The predicted octanol–water partition coefficient (Wildman–Crippen LogP) is 3.36. The number of aromatic nitrogens is 1. The van der Waals surface area contributed by atoms with Crippen LogP contribution in [0.15, 0.2) is 10.7 Å². The SMILES string of the molecule is CCCCCc1coc(CCC)n1. The van der Waals surface area contributed by atoms with Crippen LogP contribution >= 0.6 is 0 Å². The maximum atomic E-state index is 5.32. The first kappa shape index (κ1) is 10.3. The fourth-order valence-electron chi connectivity index (χ4n) is 1.35. The molecule has 0 N–H and O–H groups in total. The van der Waals surface area contributed by atoms with Crippen LogP contribution < -0.4 is 0 Å². The van der Waals surface area contributed by atoms with Crippen LogP contribution in [0.2, 0.25) is 0 Å². The fraction of sp³-hybridized carbons (Fsp3) is 0.727. The molecule has 0 atom stereocenters. The first-order valence-electron chi connectivity index (χ1n) is 5.30. The van der Waals surface area contributed by atoms with E-state index in [9.17, 15) is 0 Å². The van der Waals surface area contributed by atoms with Gasteiger partial charge in [0.15, 0.2) is 5.89 Å². The van der Waals surface area contributed by atoms with E-state index in [0.29, 0.717) is 0 Å². The molecule has 0 bridgehead atoms. The summed E-state index contributed by atoms with van der Waals surface area (Å²) in [6.45, 7) is 4.35. The summed E-state index contributed by atoms with van der Waals surface area (Å²) < 4.78 is 5.32. The minimum Gasteiger partial charge on any atom is -0.449 e. The highest BCUT2D eigenvalue weighted by molar-refractivity contribution is 4.96. The molecule has 0 radical (unpaired) electrons. The minimum atomic E-state index is 0.897. The van der Waals surface area contributed by atoms with Gasteiger partial charge in [-0.25, -0.2) is 4.98 Å². The quantitative estimate of drug-likeness (QED) is 0.629. The maximum Gasteiger partial charge on any atom is 0.194 e. The van der Waals surface area contributed by atoms with E-state index >= 15 is 0 Å². The Morgan fingerprint density at radius 1 is 1.15 bits per heavy atom. The van der Waals surface area contributed by atoms with Crippen LogP contribution in [0.4, 0.5) is 0 Å². The van der Waals surface area contributed by atoms with Crippen LogP contribution in [-0.2, 0) is 12.8 Å². The molecule has 1 aromatic heterocycles. The molecular formula is C11H19NO. The van der Waals surface area contributed by atoms with Gasteiger partial charge in [0.25, 0.3) is 0 Å². The third kappa shape index (κ3) is 3.62. The number of aryl methyl sites for hydroxylation is 2. The van der Waals surface area contributed by atoms with Crippen molar-refractivity contribution in [3.8, 4) is 0 Å². The fourth-order valence-corrected chi connectivity index (χ4v) is 1.35. The monoisotopic (exact) mass is 181 g/mol. The Morgan fingerprint density at radius 3 is 2.69 bits per heavy atom. The molecule has 0 fully saturated rings. The molecule has 1 aromatic rings. The van der Waals surface area contributed by atoms with Crippen molar-refractivity contribution in [2.45, 2.75) is 52.4 Å². The molecular weight excluding hydrogens is 162 g/mol. The Bertz CT molecular complexity index is 230. The second-order valence-electron chi connectivity index (χ2n) is 3.44. The van der Waals surface area contributed by atoms with Gasteiger partial charge in [-0.3, -0.25) is 0 Å². The normalized spacial score (nSPS) is 10.6. The molecule has 0 saturated heterocycles. The largest absolute Gasteiger partial charge is 0.449 e. The third-order valence-corrected chi connectivity index (χ3v) is 2.10. The van der Waals surface area contributed by atoms with Gasteiger partial charge in [-0.2, -0.15) is 0 Å². The van der Waals surface area contributed by atoms with E-state index in [2.05, 4.69) is 18.8 Å². The van der Waals surface area contributed by atoms with Crippen molar-refractivity contribution in [3.63, 3.8) is 0 Å². The predicted molar refractivity (Wildman–Crippen MR) is 53.7 cm³/mol. The zero-order valence-electron chi connectivity index (χ0n) is 8.68. The lowest BCUT2D eigenvalue weighted by Crippen LogP contribution is -1.87. The standard InChI is InChI=1S/C11H19NO/c1-3-5-6-8-10-9-13-11(12-10)7-4-2/h9H,3-8H2,1-2H3. The van der Waals surface area contributed by atoms with Gasteiger partial charge in [-0.05, 0) is 19.3 Å². The highest BCUT2D eigenvalue weighted by Gasteiger charge is 2.01. The van der Waals surface area contributed by atoms with Crippen molar-refractivity contribution in [1.29, 1.82) is 0 Å². The van der Waals surface area contributed by atoms with Gasteiger partial charge in [0.05, 0.1) is 5.69 Å². The first-order chi connectivity index (χ1) is 6.36. The molecule has 1 rings (SSSR count). The highest BCUT2D eigenvalue weighted by atomic mass is 16.3. The molecule has 2 nitrogen and oxygen atoms in total. The summed E-state index contributed by atoms with van der Waals surface area (Å²) in [6, 6.07) is 0. The zero-order valence-corrected chi connectivity index (χ0v) is 8.68. The van der Waals surface area contributed by atoms with E-state index in [0.717, 1.165) is 30.8 Å². The van der Waals surface area contributed by atoms with Crippen molar-refractivity contribution in [1.82, 2.24) is 4.98 Å². The first-order valence-corrected chi connectivity index (χ1v) is 5.30.